The van der Waals surface area contributed by atoms with Gasteiger partial charge in [-0.3, -0.25) is 0 Å². The van der Waals surface area contributed by atoms with Crippen LogP contribution in [0.2, 0.25) is 0 Å². The summed E-state index contributed by atoms with van der Waals surface area (Å²) in [6.07, 6.45) is 10.7. The molecular formula is C15H25NO2. The Morgan fingerprint density at radius 2 is 1.78 bits per heavy atom. The van der Waals surface area contributed by atoms with Crippen LogP contribution in [0.25, 0.3) is 0 Å². The average Bonchev–Trinajstić information content (AvgIpc) is 2.38. The van der Waals surface area contributed by atoms with Crippen LogP contribution in [-0.4, -0.2) is 28.2 Å². The lowest BCUT2D eigenvalue weighted by Gasteiger charge is -2.22. The van der Waals surface area contributed by atoms with Gasteiger partial charge in [-0.05, 0) is 25.3 Å². The van der Waals surface area contributed by atoms with Gasteiger partial charge in [-0.25, -0.2) is 0 Å². The van der Waals surface area contributed by atoms with E-state index in [9.17, 15) is 10.2 Å². The fraction of sp³-hybridized carbons (Fsp3) is 0.600. The molecule has 102 valence electrons. The summed E-state index contributed by atoms with van der Waals surface area (Å²) in [5, 5.41) is 19.3. The fourth-order valence-electron chi connectivity index (χ4n) is 1.94. The van der Waals surface area contributed by atoms with Crippen molar-refractivity contribution in [1.82, 2.24) is 4.90 Å². The zero-order chi connectivity index (χ0) is 13.4. The van der Waals surface area contributed by atoms with Crippen molar-refractivity contribution in [2.24, 2.45) is 0 Å². The molecule has 0 radical (unpaired) electrons. The molecule has 1 aliphatic rings. The molecule has 0 fully saturated rings. The molecule has 0 aromatic carbocycles. The number of aliphatic hydroxyl groups is 2. The quantitative estimate of drug-likeness (QED) is 0.717. The van der Waals surface area contributed by atoms with Crippen molar-refractivity contribution < 1.29 is 10.2 Å². The lowest BCUT2D eigenvalue weighted by Crippen LogP contribution is -2.21. The minimum atomic E-state index is -0.0292. The van der Waals surface area contributed by atoms with Crippen molar-refractivity contribution in [1.29, 1.82) is 0 Å². The smallest absolute Gasteiger partial charge is 0.162 e. The Bertz CT molecular complexity index is 334. The Labute approximate surface area is 110 Å². The molecule has 0 amide bonds. The maximum absolute atomic E-state index is 9.82. The van der Waals surface area contributed by atoms with Gasteiger partial charge in [0.1, 0.15) is 0 Å². The number of hydrogen-bond acceptors (Lipinski definition) is 3. The molecule has 0 spiro atoms. The number of allylic oxidation sites excluding steroid dienone is 3. The Balaban J connectivity index is 2.70. The van der Waals surface area contributed by atoms with Crippen molar-refractivity contribution in [3.8, 4) is 0 Å². The number of aliphatic hydroxyl groups excluding tert-OH is 2. The molecular weight excluding hydrogens is 226 g/mol. The van der Waals surface area contributed by atoms with Gasteiger partial charge in [0, 0.05) is 24.9 Å². The zero-order valence-electron chi connectivity index (χ0n) is 11.5. The van der Waals surface area contributed by atoms with Gasteiger partial charge in [0.15, 0.2) is 11.5 Å². The first-order valence-corrected chi connectivity index (χ1v) is 6.92. The minimum absolute atomic E-state index is 0.0236. The molecule has 0 aromatic heterocycles. The Kier molecular flexibility index (Phi) is 6.40. The first-order chi connectivity index (χ1) is 8.69. The molecule has 1 rings (SSSR count). The van der Waals surface area contributed by atoms with Crippen LogP contribution in [0, 0.1) is 0 Å². The fourth-order valence-corrected chi connectivity index (χ4v) is 1.94. The predicted molar refractivity (Wildman–Crippen MR) is 75.5 cm³/mol. The first-order valence-electron chi connectivity index (χ1n) is 6.92. The summed E-state index contributed by atoms with van der Waals surface area (Å²) in [6.45, 7) is 6.38. The van der Waals surface area contributed by atoms with E-state index >= 15 is 0 Å². The van der Waals surface area contributed by atoms with E-state index in [-0.39, 0.29) is 11.5 Å². The van der Waals surface area contributed by atoms with E-state index < -0.39 is 0 Å². The Morgan fingerprint density at radius 3 is 2.33 bits per heavy atom. The van der Waals surface area contributed by atoms with E-state index in [0.717, 1.165) is 31.5 Å². The topological polar surface area (TPSA) is 43.7 Å². The highest BCUT2D eigenvalue weighted by atomic mass is 16.3. The van der Waals surface area contributed by atoms with Gasteiger partial charge >= 0.3 is 0 Å². The second-order valence-electron chi connectivity index (χ2n) is 4.74. The highest BCUT2D eigenvalue weighted by Crippen LogP contribution is 2.21. The zero-order valence-corrected chi connectivity index (χ0v) is 11.5. The maximum atomic E-state index is 9.82. The van der Waals surface area contributed by atoms with Crippen LogP contribution in [0.15, 0.2) is 35.4 Å². The second-order valence-corrected chi connectivity index (χ2v) is 4.74. The third-order valence-corrected chi connectivity index (χ3v) is 3.10. The molecule has 0 aromatic rings. The lowest BCUT2D eigenvalue weighted by atomic mass is 10.1. The molecule has 3 heteroatoms. The monoisotopic (exact) mass is 251 g/mol. The highest BCUT2D eigenvalue weighted by Gasteiger charge is 2.12. The summed E-state index contributed by atoms with van der Waals surface area (Å²) in [5.41, 5.74) is 0.808. The van der Waals surface area contributed by atoms with Crippen molar-refractivity contribution in [3.05, 3.63) is 35.4 Å². The van der Waals surface area contributed by atoms with Crippen LogP contribution in [-0.2, 0) is 0 Å². The van der Waals surface area contributed by atoms with Gasteiger partial charge in [-0.1, -0.05) is 32.8 Å². The molecule has 0 saturated heterocycles. The lowest BCUT2D eigenvalue weighted by molar-refractivity contribution is 0.329. The van der Waals surface area contributed by atoms with Crippen LogP contribution >= 0.6 is 0 Å². The minimum Gasteiger partial charge on any atom is -0.504 e. The first kappa shape index (κ1) is 14.7. The molecule has 0 bridgehead atoms. The summed E-state index contributed by atoms with van der Waals surface area (Å²) in [6, 6.07) is 0. The summed E-state index contributed by atoms with van der Waals surface area (Å²) in [5.74, 6) is -0.00562. The van der Waals surface area contributed by atoms with Crippen LogP contribution < -0.4 is 0 Å². The van der Waals surface area contributed by atoms with E-state index in [0.29, 0.717) is 6.42 Å². The van der Waals surface area contributed by atoms with Crippen LogP contribution in [0.1, 0.15) is 46.0 Å². The van der Waals surface area contributed by atoms with Gasteiger partial charge in [0.25, 0.3) is 0 Å². The number of rotatable bonds is 7. The number of unbranched alkanes of at least 4 members (excludes halogenated alkanes) is 2. The van der Waals surface area contributed by atoms with Gasteiger partial charge in [-0.15, -0.1) is 0 Å². The summed E-state index contributed by atoms with van der Waals surface area (Å²) >= 11 is 0. The molecule has 18 heavy (non-hydrogen) atoms. The molecule has 1 aliphatic carbocycles. The normalized spacial score (nSPS) is 17.6. The van der Waals surface area contributed by atoms with E-state index in [1.807, 2.05) is 12.3 Å². The highest BCUT2D eigenvalue weighted by molar-refractivity contribution is 5.37. The standard InChI is InChI=1S/C15H25NO2/c1-3-5-10-16(11-6-4-2)12-13-8-7-9-14(17)15(13)18/h7,9,12,17-18H,3-6,8,10-11H2,1-2H3. The molecule has 3 nitrogen and oxygen atoms in total. The molecule has 2 N–H and O–H groups in total. The summed E-state index contributed by atoms with van der Waals surface area (Å²) in [4.78, 5) is 2.25. The van der Waals surface area contributed by atoms with Crippen LogP contribution in [0.5, 0.6) is 0 Å². The third-order valence-electron chi connectivity index (χ3n) is 3.10. The van der Waals surface area contributed by atoms with Gasteiger partial charge in [0.05, 0.1) is 0 Å². The Hall–Kier alpha value is -1.38. The van der Waals surface area contributed by atoms with Gasteiger partial charge < -0.3 is 15.1 Å². The SMILES string of the molecule is CCCCN(C=C1CC=CC(O)=C1O)CCCC. The van der Waals surface area contributed by atoms with Crippen molar-refractivity contribution in [2.75, 3.05) is 13.1 Å². The molecule has 0 heterocycles. The van der Waals surface area contributed by atoms with Crippen LogP contribution in [0.4, 0.5) is 0 Å². The third kappa shape index (κ3) is 4.47. The predicted octanol–water partition coefficient (Wildman–Crippen LogP) is 4.06. The molecule has 0 aliphatic heterocycles. The molecule has 0 unspecified atom stereocenters. The van der Waals surface area contributed by atoms with Gasteiger partial charge in [0.2, 0.25) is 0 Å². The summed E-state index contributed by atoms with van der Waals surface area (Å²) < 4.78 is 0. The maximum Gasteiger partial charge on any atom is 0.162 e. The largest absolute Gasteiger partial charge is 0.504 e. The van der Waals surface area contributed by atoms with Crippen molar-refractivity contribution >= 4 is 0 Å². The van der Waals surface area contributed by atoms with Crippen molar-refractivity contribution in [3.63, 3.8) is 0 Å². The van der Waals surface area contributed by atoms with Crippen molar-refractivity contribution in [2.45, 2.75) is 46.0 Å². The van der Waals surface area contributed by atoms with E-state index in [1.165, 1.54) is 12.8 Å². The van der Waals surface area contributed by atoms with Crippen LogP contribution in [0.3, 0.4) is 0 Å². The second kappa shape index (κ2) is 7.85. The number of nitrogens with zero attached hydrogens (tertiary/aromatic N) is 1. The van der Waals surface area contributed by atoms with Gasteiger partial charge in [-0.2, -0.15) is 0 Å². The van der Waals surface area contributed by atoms with E-state index in [1.54, 1.807) is 6.08 Å². The molecule has 0 atom stereocenters. The van der Waals surface area contributed by atoms with E-state index in [4.69, 9.17) is 0 Å². The Morgan fingerprint density at radius 1 is 1.17 bits per heavy atom. The number of hydrogen-bond donors (Lipinski definition) is 2. The molecule has 0 saturated carbocycles. The van der Waals surface area contributed by atoms with E-state index in [2.05, 4.69) is 18.7 Å². The summed E-state index contributed by atoms with van der Waals surface area (Å²) in [7, 11) is 0. The average molecular weight is 251 g/mol.